The number of carbonyl (C=O) groups is 2. The van der Waals surface area contributed by atoms with Crippen molar-refractivity contribution in [1.82, 2.24) is 15.5 Å². The Balaban J connectivity index is 1.49. The molecule has 0 bridgehead atoms. The third-order valence-corrected chi connectivity index (χ3v) is 5.10. The first-order valence-corrected chi connectivity index (χ1v) is 10.00. The topological polar surface area (TPSA) is 70.7 Å². The van der Waals surface area contributed by atoms with Crippen LogP contribution >= 0.6 is 0 Å². The summed E-state index contributed by atoms with van der Waals surface area (Å²) in [6.45, 7) is 8.07. The predicted octanol–water partition coefficient (Wildman–Crippen LogP) is 2.93. The molecule has 1 aromatic rings. The molecule has 0 unspecified atom stereocenters. The molecule has 6 heteroatoms. The molecule has 0 radical (unpaired) electrons. The first-order valence-electron chi connectivity index (χ1n) is 10.00. The Bertz CT molecular complexity index is 571. The summed E-state index contributed by atoms with van der Waals surface area (Å²) in [5.74, 6) is 0.849. The van der Waals surface area contributed by atoms with Crippen LogP contribution in [0.25, 0.3) is 0 Å². The van der Waals surface area contributed by atoms with E-state index in [4.69, 9.17) is 4.74 Å². The highest BCUT2D eigenvalue weighted by atomic mass is 16.5. The van der Waals surface area contributed by atoms with Crippen LogP contribution in [-0.2, 0) is 16.1 Å². The van der Waals surface area contributed by atoms with Crippen molar-refractivity contribution in [3.8, 4) is 0 Å². The molecule has 150 valence electrons. The third-order valence-electron chi connectivity index (χ3n) is 5.10. The standard InChI is InChI=1S/C21H33N3O3/c1-17-10-13-24(14-11-17)18(2)15-23-20(25)9-6-12-22-21(26)27-16-19-7-4-3-5-8-19/h3-5,7-8,17-18H,6,9-16H2,1-2H3,(H,22,26)(H,23,25)/t18-/m1/s1. The third kappa shape index (κ3) is 8.43. The number of rotatable bonds is 9. The molecule has 1 aliphatic heterocycles. The van der Waals surface area contributed by atoms with E-state index in [1.165, 1.54) is 12.8 Å². The van der Waals surface area contributed by atoms with Gasteiger partial charge in [0.1, 0.15) is 6.61 Å². The number of hydrogen-bond donors (Lipinski definition) is 2. The Hall–Kier alpha value is -2.08. The van der Waals surface area contributed by atoms with Crippen molar-refractivity contribution in [3.05, 3.63) is 35.9 Å². The number of nitrogens with one attached hydrogen (secondary N) is 2. The Morgan fingerprint density at radius 3 is 2.59 bits per heavy atom. The molecule has 2 N–H and O–H groups in total. The number of amides is 2. The van der Waals surface area contributed by atoms with E-state index in [-0.39, 0.29) is 12.5 Å². The average Bonchev–Trinajstić information content (AvgIpc) is 2.69. The molecule has 6 nitrogen and oxygen atoms in total. The van der Waals surface area contributed by atoms with E-state index in [0.29, 0.717) is 32.0 Å². The summed E-state index contributed by atoms with van der Waals surface area (Å²) in [6.07, 6.45) is 3.03. The van der Waals surface area contributed by atoms with Gasteiger partial charge in [0.2, 0.25) is 5.91 Å². The minimum absolute atomic E-state index is 0.0340. The fourth-order valence-electron chi connectivity index (χ4n) is 3.16. The van der Waals surface area contributed by atoms with Crippen molar-refractivity contribution in [2.45, 2.75) is 52.2 Å². The van der Waals surface area contributed by atoms with Crippen molar-refractivity contribution in [1.29, 1.82) is 0 Å². The lowest BCUT2D eigenvalue weighted by Crippen LogP contribution is -2.45. The SMILES string of the molecule is CC1CCN([C@H](C)CNC(=O)CCCNC(=O)OCc2ccccc2)CC1. The Kier molecular flexibility index (Phi) is 9.11. The van der Waals surface area contributed by atoms with Crippen LogP contribution in [0, 0.1) is 5.92 Å². The van der Waals surface area contributed by atoms with Gasteiger partial charge >= 0.3 is 6.09 Å². The van der Waals surface area contributed by atoms with Crippen molar-refractivity contribution in [2.75, 3.05) is 26.2 Å². The first-order chi connectivity index (χ1) is 13.0. The molecule has 1 saturated heterocycles. The quantitative estimate of drug-likeness (QED) is 0.651. The zero-order valence-electron chi connectivity index (χ0n) is 16.6. The second kappa shape index (κ2) is 11.6. The maximum atomic E-state index is 12.0. The summed E-state index contributed by atoms with van der Waals surface area (Å²) >= 11 is 0. The van der Waals surface area contributed by atoms with E-state index in [0.717, 1.165) is 24.6 Å². The highest BCUT2D eigenvalue weighted by Crippen LogP contribution is 2.17. The van der Waals surface area contributed by atoms with Crippen LogP contribution in [0.1, 0.15) is 45.1 Å². The van der Waals surface area contributed by atoms with E-state index in [1.54, 1.807) is 0 Å². The Morgan fingerprint density at radius 1 is 1.19 bits per heavy atom. The molecule has 0 aromatic heterocycles. The predicted molar refractivity (Wildman–Crippen MR) is 106 cm³/mol. The van der Waals surface area contributed by atoms with Gasteiger partial charge in [0.25, 0.3) is 0 Å². The highest BCUT2D eigenvalue weighted by Gasteiger charge is 2.20. The van der Waals surface area contributed by atoms with Gasteiger partial charge in [-0.1, -0.05) is 37.3 Å². The first kappa shape index (κ1) is 21.2. The summed E-state index contributed by atoms with van der Waals surface area (Å²) in [5, 5.41) is 5.68. The molecule has 1 heterocycles. The van der Waals surface area contributed by atoms with Gasteiger partial charge in [0.15, 0.2) is 0 Å². The van der Waals surface area contributed by atoms with Gasteiger partial charge in [0.05, 0.1) is 0 Å². The van der Waals surface area contributed by atoms with Gasteiger partial charge in [-0.2, -0.15) is 0 Å². The van der Waals surface area contributed by atoms with Gasteiger partial charge in [-0.05, 0) is 50.8 Å². The van der Waals surface area contributed by atoms with Crippen molar-refractivity contribution >= 4 is 12.0 Å². The maximum absolute atomic E-state index is 12.0. The van der Waals surface area contributed by atoms with Crippen molar-refractivity contribution in [3.63, 3.8) is 0 Å². The van der Waals surface area contributed by atoms with E-state index >= 15 is 0 Å². The molecule has 0 aliphatic carbocycles. The zero-order valence-corrected chi connectivity index (χ0v) is 16.6. The largest absolute Gasteiger partial charge is 0.445 e. The summed E-state index contributed by atoms with van der Waals surface area (Å²) in [4.78, 5) is 26.0. The molecule has 1 atom stereocenters. The van der Waals surface area contributed by atoms with Crippen LogP contribution in [0.2, 0.25) is 0 Å². The van der Waals surface area contributed by atoms with Gasteiger partial charge in [0, 0.05) is 25.6 Å². The number of likely N-dealkylation sites (tertiary alicyclic amines) is 1. The number of piperidine rings is 1. The molecule has 0 saturated carbocycles. The lowest BCUT2D eigenvalue weighted by atomic mass is 9.98. The van der Waals surface area contributed by atoms with Crippen LogP contribution in [0.15, 0.2) is 30.3 Å². The van der Waals surface area contributed by atoms with E-state index in [9.17, 15) is 9.59 Å². The zero-order chi connectivity index (χ0) is 19.5. The lowest BCUT2D eigenvalue weighted by molar-refractivity contribution is -0.121. The van der Waals surface area contributed by atoms with Crippen LogP contribution in [-0.4, -0.2) is 49.1 Å². The van der Waals surface area contributed by atoms with Crippen molar-refractivity contribution in [2.24, 2.45) is 5.92 Å². The van der Waals surface area contributed by atoms with E-state index < -0.39 is 6.09 Å². The lowest BCUT2D eigenvalue weighted by Gasteiger charge is -2.35. The molecule has 2 rings (SSSR count). The molecule has 1 fully saturated rings. The number of carbonyl (C=O) groups excluding carboxylic acids is 2. The van der Waals surface area contributed by atoms with E-state index in [1.807, 2.05) is 30.3 Å². The number of ether oxygens (including phenoxy) is 1. The second-order valence-corrected chi connectivity index (χ2v) is 7.46. The maximum Gasteiger partial charge on any atom is 0.407 e. The minimum Gasteiger partial charge on any atom is -0.445 e. The molecular weight excluding hydrogens is 342 g/mol. The van der Waals surface area contributed by atoms with Gasteiger partial charge < -0.3 is 15.4 Å². The molecule has 1 aliphatic rings. The second-order valence-electron chi connectivity index (χ2n) is 7.46. The normalized spacial score (nSPS) is 16.5. The highest BCUT2D eigenvalue weighted by molar-refractivity contribution is 5.76. The molecule has 1 aromatic carbocycles. The monoisotopic (exact) mass is 375 g/mol. The average molecular weight is 376 g/mol. The van der Waals surface area contributed by atoms with Gasteiger partial charge in [-0.15, -0.1) is 0 Å². The van der Waals surface area contributed by atoms with Crippen LogP contribution in [0.3, 0.4) is 0 Å². The van der Waals surface area contributed by atoms with Gasteiger partial charge in [-0.3, -0.25) is 9.69 Å². The summed E-state index contributed by atoms with van der Waals surface area (Å²) in [6, 6.07) is 9.91. The Morgan fingerprint density at radius 2 is 1.89 bits per heavy atom. The van der Waals surface area contributed by atoms with Crippen LogP contribution in [0.5, 0.6) is 0 Å². The molecule has 0 spiro atoms. The molecule has 27 heavy (non-hydrogen) atoms. The summed E-state index contributed by atoms with van der Waals surface area (Å²) in [7, 11) is 0. The van der Waals surface area contributed by atoms with Gasteiger partial charge in [-0.25, -0.2) is 4.79 Å². The minimum atomic E-state index is -0.452. The smallest absolute Gasteiger partial charge is 0.407 e. The van der Waals surface area contributed by atoms with Crippen LogP contribution < -0.4 is 10.6 Å². The number of nitrogens with zero attached hydrogens (tertiary/aromatic N) is 1. The summed E-state index contributed by atoms with van der Waals surface area (Å²) in [5.41, 5.74) is 0.948. The number of hydrogen-bond acceptors (Lipinski definition) is 4. The fourth-order valence-corrected chi connectivity index (χ4v) is 3.16. The van der Waals surface area contributed by atoms with Crippen molar-refractivity contribution < 1.29 is 14.3 Å². The summed E-state index contributed by atoms with van der Waals surface area (Å²) < 4.78 is 5.13. The number of benzene rings is 1. The number of alkyl carbamates (subject to hydrolysis) is 1. The molecule has 2 amide bonds. The van der Waals surface area contributed by atoms with Crippen LogP contribution in [0.4, 0.5) is 4.79 Å². The van der Waals surface area contributed by atoms with E-state index in [2.05, 4.69) is 29.4 Å². The Labute approximate surface area is 162 Å². The fraction of sp³-hybridized carbons (Fsp3) is 0.619. The molecular formula is C21H33N3O3.